The average Bonchev–Trinajstić information content (AvgIpc) is 3.06. The lowest BCUT2D eigenvalue weighted by molar-refractivity contribution is 0.0686. The van der Waals surface area contributed by atoms with Crippen molar-refractivity contribution in [3.05, 3.63) is 34.5 Å². The monoisotopic (exact) mass is 368 g/mol. The maximum absolute atomic E-state index is 14.1. The van der Waals surface area contributed by atoms with Crippen LogP contribution in [0.3, 0.4) is 0 Å². The van der Waals surface area contributed by atoms with Gasteiger partial charge in [0.05, 0.1) is 4.88 Å². The molecule has 0 spiro atoms. The number of hydrogen-bond donors (Lipinski definition) is 1. The number of piperidine rings is 1. The van der Waals surface area contributed by atoms with Gasteiger partial charge in [-0.1, -0.05) is 6.07 Å². The Hall–Kier alpha value is -1.17. The standard InChI is InChI=1S/C18H21FN2OS.ClH/c1-10-16-14(19)4-3-5-15(16)23-17(10)18(22)21(2)13-8-11-6-7-12(9-13)20-11;/h3-5,11-13,20H,6-9H2,1-2H3;1H. The van der Waals surface area contributed by atoms with Gasteiger partial charge in [-0.05, 0) is 50.3 Å². The summed E-state index contributed by atoms with van der Waals surface area (Å²) < 4.78 is 14.9. The van der Waals surface area contributed by atoms with Crippen molar-refractivity contribution in [3.8, 4) is 0 Å². The number of carbonyl (C=O) groups is 1. The minimum absolute atomic E-state index is 0. The Labute approximate surface area is 151 Å². The van der Waals surface area contributed by atoms with Crippen LogP contribution >= 0.6 is 23.7 Å². The van der Waals surface area contributed by atoms with Gasteiger partial charge in [0, 0.05) is 35.3 Å². The van der Waals surface area contributed by atoms with Crippen molar-refractivity contribution < 1.29 is 9.18 Å². The van der Waals surface area contributed by atoms with Gasteiger partial charge in [-0.25, -0.2) is 4.39 Å². The summed E-state index contributed by atoms with van der Waals surface area (Å²) in [4.78, 5) is 15.5. The highest BCUT2D eigenvalue weighted by Crippen LogP contribution is 2.35. The number of benzene rings is 1. The van der Waals surface area contributed by atoms with Crippen LogP contribution in [0.15, 0.2) is 18.2 Å². The van der Waals surface area contributed by atoms with Crippen LogP contribution in [0.5, 0.6) is 0 Å². The first-order chi connectivity index (χ1) is 11.0. The molecular weight excluding hydrogens is 347 g/mol. The molecule has 1 amide bonds. The van der Waals surface area contributed by atoms with E-state index in [0.717, 1.165) is 23.1 Å². The Bertz CT molecular complexity index is 766. The third-order valence-corrected chi connectivity index (χ3v) is 6.66. The molecular formula is C18H22ClFN2OS. The molecule has 2 fully saturated rings. The number of nitrogens with one attached hydrogen (secondary N) is 1. The number of nitrogens with zero attached hydrogens (tertiary/aromatic N) is 1. The van der Waals surface area contributed by atoms with Crippen molar-refractivity contribution >= 4 is 39.7 Å². The molecule has 2 bridgehead atoms. The van der Waals surface area contributed by atoms with E-state index in [2.05, 4.69) is 5.32 Å². The molecule has 0 aliphatic carbocycles. The predicted molar refractivity (Wildman–Crippen MR) is 98.8 cm³/mol. The molecule has 1 aromatic carbocycles. The highest BCUT2D eigenvalue weighted by atomic mass is 35.5. The SMILES string of the molecule is Cc1c(C(=O)N(C)C2CC3CCC(C2)N3)sc2cccc(F)c12.Cl. The molecule has 3 nitrogen and oxygen atoms in total. The van der Waals surface area contributed by atoms with Crippen molar-refractivity contribution in [2.24, 2.45) is 0 Å². The van der Waals surface area contributed by atoms with Crippen molar-refractivity contribution in [2.75, 3.05) is 7.05 Å². The summed E-state index contributed by atoms with van der Waals surface area (Å²) in [5, 5.41) is 4.21. The van der Waals surface area contributed by atoms with Gasteiger partial charge in [0.2, 0.25) is 0 Å². The lowest BCUT2D eigenvalue weighted by Crippen LogP contribution is -2.48. The molecule has 2 aromatic rings. The van der Waals surface area contributed by atoms with E-state index in [-0.39, 0.29) is 30.2 Å². The fourth-order valence-electron chi connectivity index (χ4n) is 4.13. The van der Waals surface area contributed by atoms with E-state index in [1.165, 1.54) is 30.2 Å². The number of thiophene rings is 1. The summed E-state index contributed by atoms with van der Waals surface area (Å²) in [6, 6.07) is 6.44. The predicted octanol–water partition coefficient (Wildman–Crippen LogP) is 4.13. The quantitative estimate of drug-likeness (QED) is 0.864. The number of fused-ring (bicyclic) bond motifs is 3. The van der Waals surface area contributed by atoms with Crippen molar-refractivity contribution in [1.82, 2.24) is 10.2 Å². The average molecular weight is 369 g/mol. The summed E-state index contributed by atoms with van der Waals surface area (Å²) in [6.07, 6.45) is 4.49. The summed E-state index contributed by atoms with van der Waals surface area (Å²) in [6.45, 7) is 1.86. The lowest BCUT2D eigenvalue weighted by atomic mass is 9.98. The first-order valence-corrected chi connectivity index (χ1v) is 9.07. The first-order valence-electron chi connectivity index (χ1n) is 8.25. The molecule has 2 aliphatic rings. The van der Waals surface area contributed by atoms with E-state index in [1.54, 1.807) is 6.07 Å². The Morgan fingerprint density at radius 3 is 2.58 bits per heavy atom. The smallest absolute Gasteiger partial charge is 0.264 e. The lowest BCUT2D eigenvalue weighted by Gasteiger charge is -2.35. The largest absolute Gasteiger partial charge is 0.338 e. The fourth-order valence-corrected chi connectivity index (χ4v) is 5.33. The molecule has 6 heteroatoms. The minimum atomic E-state index is -0.238. The molecule has 24 heavy (non-hydrogen) atoms. The molecule has 2 atom stereocenters. The van der Waals surface area contributed by atoms with Gasteiger partial charge in [0.15, 0.2) is 0 Å². The Kier molecular flexibility index (Phi) is 4.87. The zero-order valence-electron chi connectivity index (χ0n) is 13.8. The van der Waals surface area contributed by atoms with E-state index in [9.17, 15) is 9.18 Å². The molecule has 4 rings (SSSR count). The normalized spacial score (nSPS) is 25.5. The number of aryl methyl sites for hydroxylation is 1. The second-order valence-corrected chi connectivity index (χ2v) is 7.90. The molecule has 2 unspecified atom stereocenters. The number of halogens is 2. The van der Waals surface area contributed by atoms with E-state index in [0.29, 0.717) is 22.3 Å². The molecule has 2 saturated heterocycles. The Morgan fingerprint density at radius 1 is 1.29 bits per heavy atom. The van der Waals surface area contributed by atoms with E-state index in [4.69, 9.17) is 0 Å². The zero-order chi connectivity index (χ0) is 16.1. The fraction of sp³-hybridized carbons (Fsp3) is 0.500. The Morgan fingerprint density at radius 2 is 1.96 bits per heavy atom. The van der Waals surface area contributed by atoms with Crippen LogP contribution in [0, 0.1) is 12.7 Å². The molecule has 1 aromatic heterocycles. The van der Waals surface area contributed by atoms with Crippen LogP contribution in [0.2, 0.25) is 0 Å². The number of amides is 1. The maximum atomic E-state index is 14.1. The van der Waals surface area contributed by atoms with Crippen LogP contribution in [-0.2, 0) is 0 Å². The molecule has 130 valence electrons. The third-order valence-electron chi connectivity index (χ3n) is 5.41. The van der Waals surface area contributed by atoms with Crippen LogP contribution < -0.4 is 5.32 Å². The van der Waals surface area contributed by atoms with E-state index < -0.39 is 0 Å². The number of rotatable bonds is 2. The van der Waals surface area contributed by atoms with E-state index >= 15 is 0 Å². The molecule has 0 saturated carbocycles. The van der Waals surface area contributed by atoms with Crippen LogP contribution in [-0.4, -0.2) is 36.0 Å². The number of carbonyl (C=O) groups excluding carboxylic acids is 1. The number of hydrogen-bond acceptors (Lipinski definition) is 3. The summed E-state index contributed by atoms with van der Waals surface area (Å²) >= 11 is 1.41. The van der Waals surface area contributed by atoms with Crippen LogP contribution in [0.4, 0.5) is 4.39 Å². The topological polar surface area (TPSA) is 32.3 Å². The molecule has 3 heterocycles. The zero-order valence-corrected chi connectivity index (χ0v) is 15.5. The van der Waals surface area contributed by atoms with Crippen molar-refractivity contribution in [1.29, 1.82) is 0 Å². The molecule has 1 N–H and O–H groups in total. The van der Waals surface area contributed by atoms with Gasteiger partial charge in [0.1, 0.15) is 5.82 Å². The van der Waals surface area contributed by atoms with Crippen LogP contribution in [0.25, 0.3) is 10.1 Å². The second kappa shape index (κ2) is 6.62. The molecule has 0 radical (unpaired) electrons. The second-order valence-electron chi connectivity index (χ2n) is 6.85. The Balaban J connectivity index is 0.00000169. The first kappa shape index (κ1) is 17.6. The van der Waals surface area contributed by atoms with Gasteiger partial charge in [-0.2, -0.15) is 0 Å². The summed E-state index contributed by atoms with van der Waals surface area (Å²) in [5.74, 6) is -0.202. The van der Waals surface area contributed by atoms with Gasteiger partial charge in [-0.3, -0.25) is 4.79 Å². The highest BCUT2D eigenvalue weighted by Gasteiger charge is 2.37. The van der Waals surface area contributed by atoms with Gasteiger partial charge in [0.25, 0.3) is 5.91 Å². The highest BCUT2D eigenvalue weighted by molar-refractivity contribution is 7.21. The minimum Gasteiger partial charge on any atom is -0.338 e. The van der Waals surface area contributed by atoms with Crippen molar-refractivity contribution in [3.63, 3.8) is 0 Å². The van der Waals surface area contributed by atoms with Gasteiger partial charge >= 0.3 is 0 Å². The van der Waals surface area contributed by atoms with E-state index in [1.807, 2.05) is 24.9 Å². The van der Waals surface area contributed by atoms with Crippen molar-refractivity contribution in [2.45, 2.75) is 50.7 Å². The van der Waals surface area contributed by atoms with Crippen LogP contribution in [0.1, 0.15) is 40.9 Å². The summed E-state index contributed by atoms with van der Waals surface area (Å²) in [7, 11) is 1.90. The summed E-state index contributed by atoms with van der Waals surface area (Å²) in [5.41, 5.74) is 0.775. The van der Waals surface area contributed by atoms with Gasteiger partial charge < -0.3 is 10.2 Å². The maximum Gasteiger partial charge on any atom is 0.264 e. The third kappa shape index (κ3) is 2.83. The van der Waals surface area contributed by atoms with Gasteiger partial charge in [-0.15, -0.1) is 23.7 Å². The molecule has 2 aliphatic heterocycles.